The molecule has 0 aromatic heterocycles. The molecule has 0 saturated carbocycles. The second kappa shape index (κ2) is 8.14. The molecule has 0 radical (unpaired) electrons. The molecule has 0 aliphatic carbocycles. The second-order valence-electron chi connectivity index (χ2n) is 6.08. The molecule has 0 amide bonds. The highest BCUT2D eigenvalue weighted by atomic mass is 14.3. The molecule has 0 N–H and O–H groups in total. The van der Waals surface area contributed by atoms with Gasteiger partial charge in [-0.3, -0.25) is 0 Å². The fraction of sp³-hybridized carbons (Fsp3) is 1.00. The van der Waals surface area contributed by atoms with Crippen molar-refractivity contribution in [3.63, 3.8) is 0 Å². The van der Waals surface area contributed by atoms with Crippen LogP contribution >= 0.6 is 0 Å². The maximum atomic E-state index is 2.46. The highest BCUT2D eigenvalue weighted by molar-refractivity contribution is 4.72. The van der Waals surface area contributed by atoms with Crippen molar-refractivity contribution in [2.75, 3.05) is 0 Å². The van der Waals surface area contributed by atoms with Crippen molar-refractivity contribution in [1.82, 2.24) is 0 Å². The molecule has 0 nitrogen and oxygen atoms in total. The number of hydrogen-bond acceptors (Lipinski definition) is 0. The van der Waals surface area contributed by atoms with Crippen molar-refractivity contribution >= 4 is 0 Å². The Balaban J connectivity index is 3.92. The van der Waals surface area contributed by atoms with Crippen LogP contribution in [0.1, 0.15) is 86.5 Å². The first-order valence-corrected chi connectivity index (χ1v) is 7.51. The third kappa shape index (κ3) is 5.92. The van der Waals surface area contributed by atoms with Gasteiger partial charge in [-0.15, -0.1) is 0 Å². The minimum atomic E-state index is 0.599. The first kappa shape index (κ1) is 16.0. The minimum absolute atomic E-state index is 0.599. The van der Waals surface area contributed by atoms with E-state index in [4.69, 9.17) is 0 Å². The summed E-state index contributed by atoms with van der Waals surface area (Å²) >= 11 is 0. The average Bonchev–Trinajstić information content (AvgIpc) is 2.33. The standard InChI is InChI=1S/C16H34/c1-7-15(8-2)13-14(5)11-12-16(6,9-3)10-4/h14-15H,7-13H2,1-6H3. The zero-order valence-electron chi connectivity index (χ0n) is 12.6. The summed E-state index contributed by atoms with van der Waals surface area (Å²) in [6, 6.07) is 0. The second-order valence-corrected chi connectivity index (χ2v) is 6.08. The molecule has 0 fully saturated rings. The monoisotopic (exact) mass is 226 g/mol. The van der Waals surface area contributed by atoms with Gasteiger partial charge in [0.05, 0.1) is 0 Å². The van der Waals surface area contributed by atoms with Crippen LogP contribution in [-0.2, 0) is 0 Å². The van der Waals surface area contributed by atoms with E-state index in [0.29, 0.717) is 5.41 Å². The van der Waals surface area contributed by atoms with Crippen LogP contribution in [-0.4, -0.2) is 0 Å². The van der Waals surface area contributed by atoms with Gasteiger partial charge in [-0.05, 0) is 30.1 Å². The normalized spacial score (nSPS) is 14.4. The Bertz CT molecular complexity index is 151. The summed E-state index contributed by atoms with van der Waals surface area (Å²) in [7, 11) is 0. The Morgan fingerprint density at radius 2 is 1.44 bits per heavy atom. The molecular weight excluding hydrogens is 192 g/mol. The van der Waals surface area contributed by atoms with E-state index in [0.717, 1.165) is 11.8 Å². The minimum Gasteiger partial charge on any atom is -0.0651 e. The van der Waals surface area contributed by atoms with Gasteiger partial charge in [0.15, 0.2) is 0 Å². The Morgan fingerprint density at radius 1 is 0.938 bits per heavy atom. The Kier molecular flexibility index (Phi) is 8.14. The number of hydrogen-bond donors (Lipinski definition) is 0. The van der Waals surface area contributed by atoms with Gasteiger partial charge in [-0.1, -0.05) is 73.6 Å². The van der Waals surface area contributed by atoms with E-state index in [1.54, 1.807) is 0 Å². The lowest BCUT2D eigenvalue weighted by Crippen LogP contribution is -2.16. The van der Waals surface area contributed by atoms with Gasteiger partial charge in [-0.2, -0.15) is 0 Å². The zero-order valence-corrected chi connectivity index (χ0v) is 12.6. The molecule has 0 bridgehead atoms. The van der Waals surface area contributed by atoms with Gasteiger partial charge in [0.2, 0.25) is 0 Å². The highest BCUT2D eigenvalue weighted by Gasteiger charge is 2.20. The van der Waals surface area contributed by atoms with Crippen molar-refractivity contribution in [3.8, 4) is 0 Å². The molecule has 0 heterocycles. The van der Waals surface area contributed by atoms with Gasteiger partial charge in [0, 0.05) is 0 Å². The molecule has 98 valence electrons. The quantitative estimate of drug-likeness (QED) is 0.448. The first-order chi connectivity index (χ1) is 7.51. The van der Waals surface area contributed by atoms with Gasteiger partial charge >= 0.3 is 0 Å². The maximum Gasteiger partial charge on any atom is -0.0331 e. The van der Waals surface area contributed by atoms with Crippen LogP contribution in [0.2, 0.25) is 0 Å². The molecule has 0 aliphatic heterocycles. The summed E-state index contributed by atoms with van der Waals surface area (Å²) in [6.45, 7) is 14.3. The van der Waals surface area contributed by atoms with E-state index < -0.39 is 0 Å². The van der Waals surface area contributed by atoms with Crippen molar-refractivity contribution in [1.29, 1.82) is 0 Å². The third-order valence-electron chi connectivity index (χ3n) is 4.84. The van der Waals surface area contributed by atoms with Gasteiger partial charge in [-0.25, -0.2) is 0 Å². The Labute approximate surface area is 104 Å². The summed E-state index contributed by atoms with van der Waals surface area (Å²) in [4.78, 5) is 0. The topological polar surface area (TPSA) is 0 Å². The predicted molar refractivity (Wildman–Crippen MR) is 75.8 cm³/mol. The average molecular weight is 226 g/mol. The maximum absolute atomic E-state index is 2.46. The van der Waals surface area contributed by atoms with Gasteiger partial charge in [0.1, 0.15) is 0 Å². The Hall–Kier alpha value is 0. The predicted octanol–water partition coefficient (Wildman–Crippen LogP) is 6.06. The SMILES string of the molecule is CCC(CC)CC(C)CCC(C)(CC)CC. The summed E-state index contributed by atoms with van der Waals surface area (Å²) in [5.74, 6) is 1.88. The van der Waals surface area contributed by atoms with Crippen LogP contribution in [0.25, 0.3) is 0 Å². The smallest absolute Gasteiger partial charge is 0.0331 e. The summed E-state index contributed by atoms with van der Waals surface area (Å²) in [6.07, 6.45) is 9.67. The van der Waals surface area contributed by atoms with Crippen LogP contribution in [0.3, 0.4) is 0 Å². The molecule has 1 atom stereocenters. The van der Waals surface area contributed by atoms with Crippen molar-refractivity contribution in [2.24, 2.45) is 17.3 Å². The molecule has 0 aromatic rings. The summed E-state index contributed by atoms with van der Waals surface area (Å²) in [5, 5.41) is 0. The third-order valence-corrected chi connectivity index (χ3v) is 4.84. The lowest BCUT2D eigenvalue weighted by Gasteiger charge is -2.29. The first-order valence-electron chi connectivity index (χ1n) is 7.51. The van der Waals surface area contributed by atoms with Crippen LogP contribution in [0, 0.1) is 17.3 Å². The molecule has 0 aliphatic rings. The van der Waals surface area contributed by atoms with Crippen molar-refractivity contribution in [2.45, 2.75) is 86.5 Å². The summed E-state index contributed by atoms with van der Waals surface area (Å²) in [5.41, 5.74) is 0.599. The molecule has 0 heteroatoms. The Morgan fingerprint density at radius 3 is 1.81 bits per heavy atom. The molecule has 0 saturated heterocycles. The highest BCUT2D eigenvalue weighted by Crippen LogP contribution is 2.34. The molecule has 0 aromatic carbocycles. The van der Waals surface area contributed by atoms with Crippen LogP contribution < -0.4 is 0 Å². The van der Waals surface area contributed by atoms with Crippen molar-refractivity contribution < 1.29 is 0 Å². The van der Waals surface area contributed by atoms with E-state index in [9.17, 15) is 0 Å². The van der Waals surface area contributed by atoms with E-state index >= 15 is 0 Å². The molecule has 0 rings (SSSR count). The molecular formula is C16H34. The molecule has 16 heavy (non-hydrogen) atoms. The summed E-state index contributed by atoms with van der Waals surface area (Å²) < 4.78 is 0. The van der Waals surface area contributed by atoms with E-state index in [1.807, 2.05) is 0 Å². The van der Waals surface area contributed by atoms with Crippen molar-refractivity contribution in [3.05, 3.63) is 0 Å². The largest absolute Gasteiger partial charge is 0.0651 e. The van der Waals surface area contributed by atoms with Gasteiger partial charge in [0.25, 0.3) is 0 Å². The molecule has 1 unspecified atom stereocenters. The lowest BCUT2D eigenvalue weighted by molar-refractivity contribution is 0.234. The fourth-order valence-electron chi connectivity index (χ4n) is 2.51. The lowest BCUT2D eigenvalue weighted by atomic mass is 9.77. The van der Waals surface area contributed by atoms with Crippen LogP contribution in [0.4, 0.5) is 0 Å². The van der Waals surface area contributed by atoms with Crippen LogP contribution in [0.15, 0.2) is 0 Å². The fourth-order valence-corrected chi connectivity index (χ4v) is 2.51. The molecule has 0 spiro atoms. The van der Waals surface area contributed by atoms with Gasteiger partial charge < -0.3 is 0 Å². The zero-order chi connectivity index (χ0) is 12.6. The van der Waals surface area contributed by atoms with E-state index in [-0.39, 0.29) is 0 Å². The van der Waals surface area contributed by atoms with E-state index in [2.05, 4.69) is 41.5 Å². The van der Waals surface area contributed by atoms with E-state index in [1.165, 1.54) is 44.9 Å². The van der Waals surface area contributed by atoms with Crippen LogP contribution in [0.5, 0.6) is 0 Å². The number of rotatable bonds is 9.